The van der Waals surface area contributed by atoms with Crippen LogP contribution in [0, 0.1) is 0 Å². The first-order valence-electron chi connectivity index (χ1n) is 14.3. The molecule has 2 aliphatic rings. The van der Waals surface area contributed by atoms with Gasteiger partial charge in [-0.05, 0) is 60.7 Å². The van der Waals surface area contributed by atoms with Crippen LogP contribution in [-0.2, 0) is 22.4 Å². The largest absolute Gasteiger partial charge is 0.379 e. The van der Waals surface area contributed by atoms with Crippen LogP contribution in [0.25, 0.3) is 16.7 Å². The van der Waals surface area contributed by atoms with Crippen molar-refractivity contribution < 1.29 is 19.2 Å². The zero-order chi connectivity index (χ0) is 29.8. The highest BCUT2D eigenvalue weighted by Crippen LogP contribution is 2.26. The molecule has 0 spiro atoms. The molecule has 43 heavy (non-hydrogen) atoms. The van der Waals surface area contributed by atoms with Crippen LogP contribution >= 0.6 is 0 Å². The van der Waals surface area contributed by atoms with Gasteiger partial charge in [0.15, 0.2) is 5.65 Å². The van der Waals surface area contributed by atoms with E-state index in [0.717, 1.165) is 44.6 Å². The number of anilines is 2. The second kappa shape index (κ2) is 12.7. The standard InChI is InChI=1S/C31H33N7O5/c1-42-36-30(41)26-19-38(24-9-8-20-4-2-5-21(20)17-24)28-25(27(26)39)18-33-31(35-28)34-23-7-3-6-22(16-23)29(40)32-10-11-37-12-14-43-15-13-37/h3,6-9,16-19H,2,4-5,10-15H2,1H3,(H,32,40)(H,36,41)(H,33,34,35). The summed E-state index contributed by atoms with van der Waals surface area (Å²) in [5.74, 6) is -0.601. The van der Waals surface area contributed by atoms with Crippen LogP contribution in [0.1, 0.15) is 38.3 Å². The quantitative estimate of drug-likeness (QED) is 0.253. The molecule has 0 atom stereocenters. The molecule has 1 fully saturated rings. The van der Waals surface area contributed by atoms with Gasteiger partial charge in [0.25, 0.3) is 11.8 Å². The third-order valence-corrected chi connectivity index (χ3v) is 7.74. The van der Waals surface area contributed by atoms with E-state index < -0.39 is 11.3 Å². The monoisotopic (exact) mass is 583 g/mol. The van der Waals surface area contributed by atoms with Gasteiger partial charge >= 0.3 is 0 Å². The lowest BCUT2D eigenvalue weighted by Gasteiger charge is -2.26. The first-order chi connectivity index (χ1) is 21.0. The summed E-state index contributed by atoms with van der Waals surface area (Å²) in [5, 5.41) is 6.32. The van der Waals surface area contributed by atoms with Gasteiger partial charge in [-0.25, -0.2) is 10.5 Å². The molecule has 12 heteroatoms. The van der Waals surface area contributed by atoms with Crippen LogP contribution in [-0.4, -0.2) is 77.8 Å². The lowest BCUT2D eigenvalue weighted by Crippen LogP contribution is -2.41. The minimum atomic E-state index is -0.661. The number of carbonyl (C=O) groups excluding carboxylic acids is 2. The van der Waals surface area contributed by atoms with E-state index in [1.807, 2.05) is 12.1 Å². The van der Waals surface area contributed by atoms with Crippen LogP contribution in [0.3, 0.4) is 0 Å². The zero-order valence-electron chi connectivity index (χ0n) is 23.9. The summed E-state index contributed by atoms with van der Waals surface area (Å²) in [7, 11) is 1.31. The number of aromatic nitrogens is 3. The molecule has 6 rings (SSSR count). The second-order valence-corrected chi connectivity index (χ2v) is 10.5. The molecule has 1 saturated heterocycles. The number of hydroxylamine groups is 1. The van der Waals surface area contributed by atoms with Crippen molar-refractivity contribution in [3.05, 3.63) is 87.3 Å². The van der Waals surface area contributed by atoms with Crippen molar-refractivity contribution in [1.29, 1.82) is 0 Å². The molecule has 1 aliphatic heterocycles. The number of hydrogen-bond donors (Lipinski definition) is 3. The number of hydrogen-bond acceptors (Lipinski definition) is 9. The minimum Gasteiger partial charge on any atom is -0.379 e. The van der Waals surface area contributed by atoms with E-state index in [0.29, 0.717) is 36.7 Å². The molecular formula is C31H33N7O5. The number of nitrogens with one attached hydrogen (secondary N) is 3. The Hall–Kier alpha value is -4.65. The Labute approximate surface area is 248 Å². The van der Waals surface area contributed by atoms with Crippen LogP contribution in [0.4, 0.5) is 11.6 Å². The Morgan fingerprint density at radius 3 is 2.72 bits per heavy atom. The third kappa shape index (κ3) is 6.26. The second-order valence-electron chi connectivity index (χ2n) is 10.5. The summed E-state index contributed by atoms with van der Waals surface area (Å²) in [4.78, 5) is 54.9. The lowest BCUT2D eigenvalue weighted by molar-refractivity contribution is 0.0383. The predicted molar refractivity (Wildman–Crippen MR) is 161 cm³/mol. The van der Waals surface area contributed by atoms with Gasteiger partial charge in [0, 0.05) is 55.5 Å². The molecule has 4 aromatic rings. The van der Waals surface area contributed by atoms with Crippen molar-refractivity contribution >= 4 is 34.5 Å². The predicted octanol–water partition coefficient (Wildman–Crippen LogP) is 2.37. The van der Waals surface area contributed by atoms with Crippen LogP contribution in [0.5, 0.6) is 0 Å². The van der Waals surface area contributed by atoms with Crippen molar-refractivity contribution in [1.82, 2.24) is 30.2 Å². The average Bonchev–Trinajstić information content (AvgIpc) is 3.50. The fourth-order valence-electron chi connectivity index (χ4n) is 5.51. The van der Waals surface area contributed by atoms with Gasteiger partial charge in [0.2, 0.25) is 11.4 Å². The first-order valence-corrected chi connectivity index (χ1v) is 14.3. The summed E-state index contributed by atoms with van der Waals surface area (Å²) in [5.41, 5.74) is 6.39. The molecule has 0 radical (unpaired) electrons. The highest BCUT2D eigenvalue weighted by atomic mass is 16.6. The Morgan fingerprint density at radius 2 is 1.88 bits per heavy atom. The van der Waals surface area contributed by atoms with Gasteiger partial charge in [-0.2, -0.15) is 4.98 Å². The summed E-state index contributed by atoms with van der Waals surface area (Å²) < 4.78 is 7.10. The number of fused-ring (bicyclic) bond motifs is 2. The Bertz CT molecular complexity index is 1730. The van der Waals surface area contributed by atoms with Gasteiger partial charge < -0.3 is 19.9 Å². The van der Waals surface area contributed by atoms with Crippen LogP contribution in [0.15, 0.2) is 59.7 Å². The first kappa shape index (κ1) is 28.5. The number of morpholine rings is 1. The van der Waals surface area contributed by atoms with Crippen LogP contribution < -0.4 is 21.5 Å². The molecule has 0 unspecified atom stereocenters. The van der Waals surface area contributed by atoms with E-state index in [1.165, 1.54) is 30.6 Å². The molecule has 3 N–H and O–H groups in total. The van der Waals surface area contributed by atoms with Crippen LogP contribution in [0.2, 0.25) is 0 Å². The van der Waals surface area contributed by atoms with Gasteiger partial charge in [-0.15, -0.1) is 0 Å². The summed E-state index contributed by atoms with van der Waals surface area (Å²) >= 11 is 0. The maximum atomic E-state index is 13.3. The van der Waals surface area contributed by atoms with Gasteiger partial charge in [0.05, 0.1) is 25.7 Å². The van der Waals surface area contributed by atoms with E-state index >= 15 is 0 Å². The molecule has 12 nitrogen and oxygen atoms in total. The van der Waals surface area contributed by atoms with E-state index in [1.54, 1.807) is 22.8 Å². The summed E-state index contributed by atoms with van der Waals surface area (Å²) in [6, 6.07) is 13.2. The van der Waals surface area contributed by atoms with E-state index in [2.05, 4.69) is 43.1 Å². The molecule has 1 aliphatic carbocycles. The topological polar surface area (TPSA) is 140 Å². The van der Waals surface area contributed by atoms with E-state index in [-0.39, 0.29) is 22.8 Å². The molecule has 222 valence electrons. The van der Waals surface area contributed by atoms with Gasteiger partial charge in [-0.1, -0.05) is 12.1 Å². The summed E-state index contributed by atoms with van der Waals surface area (Å²) in [6.07, 6.45) is 5.98. The molecule has 0 saturated carbocycles. The van der Waals surface area contributed by atoms with Gasteiger partial charge in [-0.3, -0.25) is 24.1 Å². The van der Waals surface area contributed by atoms with Gasteiger partial charge in [0.1, 0.15) is 5.56 Å². The summed E-state index contributed by atoms with van der Waals surface area (Å²) in [6.45, 7) is 4.46. The van der Waals surface area contributed by atoms with Crippen molar-refractivity contribution in [2.24, 2.45) is 0 Å². The average molecular weight is 584 g/mol. The maximum absolute atomic E-state index is 13.3. The van der Waals surface area contributed by atoms with Crippen molar-refractivity contribution in [3.8, 4) is 5.69 Å². The number of carbonyl (C=O) groups is 2. The van der Waals surface area contributed by atoms with Crippen molar-refractivity contribution in [2.75, 3.05) is 51.8 Å². The fourth-order valence-corrected chi connectivity index (χ4v) is 5.51. The molecule has 2 amide bonds. The van der Waals surface area contributed by atoms with E-state index in [4.69, 9.17) is 9.57 Å². The number of aryl methyl sites for hydroxylation is 2. The number of ether oxygens (including phenoxy) is 1. The minimum absolute atomic E-state index is 0.0912. The molecular weight excluding hydrogens is 550 g/mol. The lowest BCUT2D eigenvalue weighted by atomic mass is 10.1. The molecule has 2 aromatic carbocycles. The fraction of sp³-hybridized carbons (Fsp3) is 0.323. The molecule has 0 bridgehead atoms. The SMILES string of the molecule is CONC(=O)c1cn(-c2ccc3c(c2)CCC3)c2nc(Nc3cccc(C(=O)NCCN4CCOCC4)c3)ncc2c1=O. The highest BCUT2D eigenvalue weighted by molar-refractivity contribution is 5.97. The smallest absolute Gasteiger partial charge is 0.280 e. The number of rotatable bonds is 9. The Kier molecular flexibility index (Phi) is 8.40. The Balaban J connectivity index is 1.28. The van der Waals surface area contributed by atoms with Crippen molar-refractivity contribution in [2.45, 2.75) is 19.3 Å². The molecule has 3 heterocycles. The number of nitrogens with zero attached hydrogens (tertiary/aromatic N) is 4. The highest BCUT2D eigenvalue weighted by Gasteiger charge is 2.20. The maximum Gasteiger partial charge on any atom is 0.280 e. The Morgan fingerprint density at radius 1 is 1.05 bits per heavy atom. The third-order valence-electron chi connectivity index (χ3n) is 7.74. The van der Waals surface area contributed by atoms with E-state index in [9.17, 15) is 14.4 Å². The number of benzene rings is 2. The molecule has 2 aromatic heterocycles. The zero-order valence-corrected chi connectivity index (χ0v) is 23.9. The normalized spacial score (nSPS) is 14.8. The van der Waals surface area contributed by atoms with Crippen molar-refractivity contribution in [3.63, 3.8) is 0 Å². The number of amides is 2. The number of pyridine rings is 1.